The van der Waals surface area contributed by atoms with Gasteiger partial charge in [0.05, 0.1) is 7.11 Å². The van der Waals surface area contributed by atoms with Gasteiger partial charge in [-0.3, -0.25) is 0 Å². The second-order valence-electron chi connectivity index (χ2n) is 2.47. The molecule has 0 fully saturated rings. The van der Waals surface area contributed by atoms with Crippen molar-refractivity contribution in [3.63, 3.8) is 0 Å². The first kappa shape index (κ1) is 9.32. The Kier molecular flexibility index (Phi) is 2.92. The summed E-state index contributed by atoms with van der Waals surface area (Å²) in [7, 11) is 3.20. The van der Waals surface area contributed by atoms with E-state index in [-0.39, 0.29) is 5.97 Å². The Bertz CT molecular complexity index is 293. The van der Waals surface area contributed by atoms with Crippen LogP contribution in [0.4, 0.5) is 0 Å². The number of hydrogen-bond donors (Lipinski definition) is 0. The molecule has 3 nitrogen and oxygen atoms in total. The molecule has 0 radical (unpaired) electrons. The zero-order valence-corrected chi connectivity index (χ0v) is 8.59. The molecule has 0 aliphatic heterocycles. The lowest BCUT2D eigenvalue weighted by Gasteiger charge is -1.98. The smallest absolute Gasteiger partial charge is 0.354 e. The molecule has 0 saturated heterocycles. The standard InChI is InChI=1S/C8H10BrNO2/c1-10-5-6(4-9)3-7(10)8(11)12-2/h3,5H,4H2,1-2H3. The molecule has 0 atom stereocenters. The fraction of sp³-hybridized carbons (Fsp3) is 0.375. The van der Waals surface area contributed by atoms with Crippen LogP contribution in [0.2, 0.25) is 0 Å². The van der Waals surface area contributed by atoms with Crippen molar-refractivity contribution in [1.29, 1.82) is 0 Å². The number of esters is 1. The van der Waals surface area contributed by atoms with Gasteiger partial charge in [-0.25, -0.2) is 4.79 Å². The Balaban J connectivity index is 2.99. The Morgan fingerprint density at radius 1 is 1.75 bits per heavy atom. The molecular formula is C8H10BrNO2. The number of methoxy groups -OCH3 is 1. The van der Waals surface area contributed by atoms with Crippen molar-refractivity contribution in [2.45, 2.75) is 5.33 Å². The van der Waals surface area contributed by atoms with Crippen LogP contribution in [0.15, 0.2) is 12.3 Å². The van der Waals surface area contributed by atoms with Crippen LogP contribution in [0.25, 0.3) is 0 Å². The normalized spacial score (nSPS) is 9.92. The fourth-order valence-electron chi connectivity index (χ4n) is 1.01. The van der Waals surface area contributed by atoms with Gasteiger partial charge in [-0.1, -0.05) is 15.9 Å². The Morgan fingerprint density at radius 2 is 2.42 bits per heavy atom. The molecule has 0 bridgehead atoms. The van der Waals surface area contributed by atoms with E-state index in [1.54, 1.807) is 10.6 Å². The number of nitrogens with zero attached hydrogens (tertiary/aromatic N) is 1. The largest absolute Gasteiger partial charge is 0.464 e. The van der Waals surface area contributed by atoms with Crippen LogP contribution in [-0.4, -0.2) is 17.6 Å². The molecule has 0 unspecified atom stereocenters. The molecule has 0 N–H and O–H groups in total. The van der Waals surface area contributed by atoms with Crippen LogP contribution in [0.3, 0.4) is 0 Å². The quantitative estimate of drug-likeness (QED) is 0.574. The summed E-state index contributed by atoms with van der Waals surface area (Å²) < 4.78 is 6.35. The molecule has 0 spiro atoms. The lowest BCUT2D eigenvalue weighted by molar-refractivity contribution is 0.0590. The second kappa shape index (κ2) is 3.76. The third kappa shape index (κ3) is 1.69. The van der Waals surface area contributed by atoms with Gasteiger partial charge in [-0.2, -0.15) is 0 Å². The number of rotatable bonds is 2. The Hall–Kier alpha value is -0.770. The maximum absolute atomic E-state index is 11.1. The van der Waals surface area contributed by atoms with E-state index in [2.05, 4.69) is 20.7 Å². The summed E-state index contributed by atoms with van der Waals surface area (Å²) in [6.45, 7) is 0. The van der Waals surface area contributed by atoms with Crippen LogP contribution in [0.1, 0.15) is 16.1 Å². The molecular weight excluding hydrogens is 222 g/mol. The van der Waals surface area contributed by atoms with Gasteiger partial charge in [0, 0.05) is 18.6 Å². The summed E-state index contributed by atoms with van der Waals surface area (Å²) in [5.74, 6) is -0.301. The van der Waals surface area contributed by atoms with E-state index in [0.717, 1.165) is 10.9 Å². The van der Waals surface area contributed by atoms with Gasteiger partial charge in [-0.15, -0.1) is 0 Å². The first-order valence-corrected chi connectivity index (χ1v) is 4.60. The highest BCUT2D eigenvalue weighted by molar-refractivity contribution is 9.08. The average molecular weight is 232 g/mol. The number of hydrogen-bond acceptors (Lipinski definition) is 2. The summed E-state index contributed by atoms with van der Waals surface area (Å²) >= 11 is 3.31. The van der Waals surface area contributed by atoms with Gasteiger partial charge in [0.15, 0.2) is 0 Å². The zero-order chi connectivity index (χ0) is 9.14. The third-order valence-electron chi connectivity index (χ3n) is 1.61. The van der Waals surface area contributed by atoms with Gasteiger partial charge in [-0.05, 0) is 11.6 Å². The van der Waals surface area contributed by atoms with Crippen LogP contribution < -0.4 is 0 Å². The highest BCUT2D eigenvalue weighted by atomic mass is 79.9. The minimum Gasteiger partial charge on any atom is -0.464 e. The fourth-order valence-corrected chi connectivity index (χ4v) is 1.32. The van der Waals surface area contributed by atoms with E-state index >= 15 is 0 Å². The number of carbonyl (C=O) groups excluding carboxylic acids is 1. The lowest BCUT2D eigenvalue weighted by Crippen LogP contribution is -2.06. The van der Waals surface area contributed by atoms with E-state index in [4.69, 9.17) is 0 Å². The minimum absolute atomic E-state index is 0.301. The minimum atomic E-state index is -0.301. The van der Waals surface area contributed by atoms with Gasteiger partial charge in [0.2, 0.25) is 0 Å². The molecule has 12 heavy (non-hydrogen) atoms. The van der Waals surface area contributed by atoms with E-state index in [1.165, 1.54) is 7.11 Å². The number of carbonyl (C=O) groups is 1. The van der Waals surface area contributed by atoms with Crippen molar-refractivity contribution >= 4 is 21.9 Å². The van der Waals surface area contributed by atoms with Crippen molar-refractivity contribution in [2.75, 3.05) is 7.11 Å². The molecule has 0 amide bonds. The van der Waals surface area contributed by atoms with Crippen molar-refractivity contribution in [2.24, 2.45) is 7.05 Å². The molecule has 4 heteroatoms. The Morgan fingerprint density at radius 3 is 2.83 bits per heavy atom. The number of aryl methyl sites for hydroxylation is 1. The maximum Gasteiger partial charge on any atom is 0.354 e. The average Bonchev–Trinajstić information content (AvgIpc) is 2.45. The van der Waals surface area contributed by atoms with Crippen LogP contribution in [-0.2, 0) is 17.1 Å². The molecule has 1 heterocycles. The van der Waals surface area contributed by atoms with Gasteiger partial charge in [0.1, 0.15) is 5.69 Å². The summed E-state index contributed by atoms with van der Waals surface area (Å²) in [5, 5.41) is 0.748. The first-order valence-electron chi connectivity index (χ1n) is 3.48. The highest BCUT2D eigenvalue weighted by Crippen LogP contribution is 2.11. The lowest BCUT2D eigenvalue weighted by atomic mass is 10.3. The van der Waals surface area contributed by atoms with Crippen molar-refractivity contribution in [3.05, 3.63) is 23.5 Å². The van der Waals surface area contributed by atoms with Gasteiger partial charge in [0.25, 0.3) is 0 Å². The zero-order valence-electron chi connectivity index (χ0n) is 7.00. The van der Waals surface area contributed by atoms with Crippen molar-refractivity contribution in [1.82, 2.24) is 4.57 Å². The SMILES string of the molecule is COC(=O)c1cc(CBr)cn1C. The second-order valence-corrected chi connectivity index (χ2v) is 3.03. The predicted octanol–water partition coefficient (Wildman–Crippen LogP) is 1.71. The molecule has 66 valence electrons. The monoisotopic (exact) mass is 231 g/mol. The Labute approximate surface area is 79.5 Å². The van der Waals surface area contributed by atoms with Gasteiger partial charge >= 0.3 is 5.97 Å². The summed E-state index contributed by atoms with van der Waals surface area (Å²) in [4.78, 5) is 11.1. The predicted molar refractivity (Wildman–Crippen MR) is 49.4 cm³/mol. The van der Waals surface area contributed by atoms with Gasteiger partial charge < -0.3 is 9.30 Å². The summed E-state index contributed by atoms with van der Waals surface area (Å²) in [6.07, 6.45) is 1.89. The van der Waals surface area contributed by atoms with Crippen LogP contribution in [0, 0.1) is 0 Å². The summed E-state index contributed by atoms with van der Waals surface area (Å²) in [6, 6.07) is 1.81. The number of halogens is 1. The number of alkyl halides is 1. The van der Waals surface area contributed by atoms with E-state index in [1.807, 2.05) is 13.2 Å². The molecule has 0 saturated carbocycles. The van der Waals surface area contributed by atoms with E-state index in [9.17, 15) is 4.79 Å². The highest BCUT2D eigenvalue weighted by Gasteiger charge is 2.10. The van der Waals surface area contributed by atoms with Crippen LogP contribution >= 0.6 is 15.9 Å². The molecule has 1 aromatic rings. The van der Waals surface area contributed by atoms with E-state index < -0.39 is 0 Å². The molecule has 1 aromatic heterocycles. The molecule has 0 aliphatic carbocycles. The topological polar surface area (TPSA) is 31.2 Å². The molecule has 1 rings (SSSR count). The van der Waals surface area contributed by atoms with Crippen molar-refractivity contribution in [3.8, 4) is 0 Å². The molecule has 0 aromatic carbocycles. The molecule has 0 aliphatic rings. The summed E-state index contributed by atoms with van der Waals surface area (Å²) in [5.41, 5.74) is 1.64. The maximum atomic E-state index is 11.1. The van der Waals surface area contributed by atoms with Crippen LogP contribution in [0.5, 0.6) is 0 Å². The third-order valence-corrected chi connectivity index (χ3v) is 2.26. The first-order chi connectivity index (χ1) is 5.69. The van der Waals surface area contributed by atoms with E-state index in [0.29, 0.717) is 5.69 Å². The number of aromatic nitrogens is 1. The van der Waals surface area contributed by atoms with Crippen molar-refractivity contribution < 1.29 is 9.53 Å². The number of ether oxygens (including phenoxy) is 1.